The Hall–Kier alpha value is 1.04. The summed E-state index contributed by atoms with van der Waals surface area (Å²) >= 11 is 0. The van der Waals surface area contributed by atoms with Gasteiger partial charge in [-0.25, -0.2) is 0 Å². The van der Waals surface area contributed by atoms with Gasteiger partial charge in [-0.3, -0.25) is 0 Å². The molecule has 9 unspecified atom stereocenters. The Labute approximate surface area is 338 Å². The van der Waals surface area contributed by atoms with E-state index in [-0.39, 0.29) is 35.5 Å². The molecule has 54 heavy (non-hydrogen) atoms. The van der Waals surface area contributed by atoms with Crippen molar-refractivity contribution in [2.24, 2.45) is 53.3 Å². The van der Waals surface area contributed by atoms with Crippen molar-refractivity contribution in [1.82, 2.24) is 0 Å². The third-order valence-corrected chi connectivity index (χ3v) is 45.5. The first kappa shape index (κ1) is 46.1. The summed E-state index contributed by atoms with van der Waals surface area (Å²) in [5.74, 6) is 2.95. The summed E-state index contributed by atoms with van der Waals surface area (Å²) in [6.45, 7) is 30.5. The van der Waals surface area contributed by atoms with Gasteiger partial charge in [-0.1, -0.05) is 102 Å². The minimum absolute atomic E-state index is 0.0733. The first-order valence-corrected chi connectivity index (χ1v) is 37.1. The lowest BCUT2D eigenvalue weighted by molar-refractivity contribution is 0.0206. The van der Waals surface area contributed by atoms with Crippen molar-refractivity contribution in [3.8, 4) is 0 Å². The molecule has 0 amide bonds. The van der Waals surface area contributed by atoms with E-state index in [0.717, 1.165) is 18.4 Å². The highest BCUT2D eigenvalue weighted by atomic mass is 28.6. The van der Waals surface area contributed by atoms with Gasteiger partial charge in [-0.05, 0) is 85.2 Å². The molecule has 0 radical (unpaired) electrons. The number of fused-ring (bicyclic) bond motifs is 5. The van der Waals surface area contributed by atoms with E-state index in [2.05, 4.69) is 108 Å². The average Bonchev–Trinajstić information content (AvgIpc) is 3.54. The van der Waals surface area contributed by atoms with Gasteiger partial charge < -0.3 is 45.9 Å². The molecule has 0 aromatic rings. The Balaban J connectivity index is 1.71. The molecule has 0 spiro atoms. The van der Waals surface area contributed by atoms with E-state index in [1.165, 1.54) is 12.8 Å². The normalized spacial score (nSPS) is 40.4. The third-order valence-electron chi connectivity index (χ3n) is 10.7. The van der Waals surface area contributed by atoms with Crippen molar-refractivity contribution in [1.29, 1.82) is 0 Å². The van der Waals surface area contributed by atoms with Crippen molar-refractivity contribution < 1.29 is 45.9 Å². The maximum absolute atomic E-state index is 12.9. The largest absolute Gasteiger partial charge is 0.483 e. The van der Waals surface area contributed by atoms with Gasteiger partial charge in [-0.2, -0.15) is 0 Å². The molecule has 19 heteroatoms. The van der Waals surface area contributed by atoms with Crippen molar-refractivity contribution in [3.63, 3.8) is 0 Å². The molecule has 6 bridgehead atoms. The zero-order valence-electron chi connectivity index (χ0n) is 36.2. The maximum Gasteiger partial charge on any atom is 0.483 e. The SMILES string of the molecule is CC(C)C[Si]1(O)O[Si]2(CC(C)C)O[SiH2]O[Si]3(CC(C)C)O[Si](CC(C)C)(O[Si](C)(C)CCC4CC5C=CC4C5)O[Si](CC(C)C)(O1)O[Si](CC(C)C)(O2)O3. The van der Waals surface area contributed by atoms with Gasteiger partial charge in [0.05, 0.1) is 0 Å². The number of hydrogen-bond donors (Lipinski definition) is 1. The molecule has 3 aliphatic heterocycles. The Morgan fingerprint density at radius 2 is 1.04 bits per heavy atom. The van der Waals surface area contributed by atoms with Crippen LogP contribution in [0.4, 0.5) is 0 Å². The molecule has 5 rings (SSSR count). The Kier molecular flexibility index (Phi) is 15.0. The van der Waals surface area contributed by atoms with Gasteiger partial charge >= 0.3 is 52.8 Å². The monoisotopic (exact) mass is 896 g/mol. The molecule has 0 aromatic carbocycles. The molecular formula is C35H76O11Si8. The minimum Gasteiger partial charge on any atom is -0.416 e. The molecule has 3 heterocycles. The Bertz CT molecular complexity index is 1300. The fourth-order valence-corrected chi connectivity index (χ4v) is 51.2. The third kappa shape index (κ3) is 11.9. The summed E-state index contributed by atoms with van der Waals surface area (Å²) in [4.78, 5) is 12.9. The molecule has 0 aromatic heterocycles. The molecule has 5 aliphatic rings. The zero-order valence-corrected chi connectivity index (χ0v) is 44.6. The van der Waals surface area contributed by atoms with Crippen molar-refractivity contribution in [2.75, 3.05) is 0 Å². The van der Waals surface area contributed by atoms with Gasteiger partial charge in [0.25, 0.3) is 10.0 Å². The number of hydrogen-bond acceptors (Lipinski definition) is 11. The topological polar surface area (TPSA) is 113 Å². The van der Waals surface area contributed by atoms with Gasteiger partial charge in [0, 0.05) is 36.3 Å². The van der Waals surface area contributed by atoms with Crippen molar-refractivity contribution in [3.05, 3.63) is 12.2 Å². The van der Waals surface area contributed by atoms with Gasteiger partial charge in [0.15, 0.2) is 8.32 Å². The fourth-order valence-electron chi connectivity index (χ4n) is 9.24. The van der Waals surface area contributed by atoms with Crippen molar-refractivity contribution in [2.45, 2.75) is 158 Å². The standard InChI is InChI=1S/C35H76O11Si8/c1-27(2)21-49(36)40-50(22-28(3)4)37-47-38-51(23-29(5)6)43-52(24-30(7)8,39-48(13,14)18-17-35-20-33-15-16-34(35)19-33)45-53(41-49,25-31(9)10)46-54(42-50,44-51)26-32(11)12/h15-16,27-36H,17-26,47H2,1-14H3. The molecule has 4 fully saturated rings. The van der Waals surface area contributed by atoms with E-state index >= 15 is 0 Å². The van der Waals surface area contributed by atoms with Gasteiger partial charge in [0.2, 0.25) is 0 Å². The molecule has 1 saturated carbocycles. The summed E-state index contributed by atoms with van der Waals surface area (Å²) in [6, 6.07) is 3.86. The lowest BCUT2D eigenvalue weighted by Gasteiger charge is -2.57. The van der Waals surface area contributed by atoms with Crippen LogP contribution in [0.15, 0.2) is 12.2 Å². The van der Waals surface area contributed by atoms with E-state index < -0.39 is 71.2 Å². The lowest BCUT2D eigenvalue weighted by Crippen LogP contribution is -2.81. The molecule has 2 aliphatic carbocycles. The predicted molar refractivity (Wildman–Crippen MR) is 230 cm³/mol. The Morgan fingerprint density at radius 3 is 1.52 bits per heavy atom. The first-order chi connectivity index (χ1) is 24.9. The van der Waals surface area contributed by atoms with E-state index in [4.69, 9.17) is 41.2 Å². The highest BCUT2D eigenvalue weighted by Crippen LogP contribution is 2.50. The molecule has 1 N–H and O–H groups in total. The average molecular weight is 898 g/mol. The molecule has 3 saturated heterocycles. The van der Waals surface area contributed by atoms with Gasteiger partial charge in [0.1, 0.15) is 0 Å². The van der Waals surface area contributed by atoms with Crippen molar-refractivity contribution >= 4 is 71.2 Å². The van der Waals surface area contributed by atoms with Crippen LogP contribution in [0.5, 0.6) is 0 Å². The zero-order chi connectivity index (χ0) is 40.0. The second-order valence-electron chi connectivity index (χ2n) is 20.3. The van der Waals surface area contributed by atoms with E-state index in [1.54, 1.807) is 0 Å². The quantitative estimate of drug-likeness (QED) is 0.112. The van der Waals surface area contributed by atoms with Crippen LogP contribution >= 0.6 is 0 Å². The maximum atomic E-state index is 12.9. The predicted octanol–water partition coefficient (Wildman–Crippen LogP) is 8.56. The molecular weight excluding hydrogens is 821 g/mol. The van der Waals surface area contributed by atoms with Crippen LogP contribution in [0.25, 0.3) is 0 Å². The van der Waals surface area contributed by atoms with Crippen LogP contribution in [-0.2, 0) is 41.2 Å². The first-order valence-electron chi connectivity index (χ1n) is 21.2. The molecule has 9 atom stereocenters. The van der Waals surface area contributed by atoms with E-state index in [1.807, 2.05) is 0 Å². The molecule has 314 valence electrons. The van der Waals surface area contributed by atoms with Crippen LogP contribution < -0.4 is 0 Å². The van der Waals surface area contributed by atoms with Crippen LogP contribution in [0, 0.1) is 53.3 Å². The second-order valence-corrected chi connectivity index (χ2v) is 44.1. The minimum atomic E-state index is -4.10. The van der Waals surface area contributed by atoms with Crippen LogP contribution in [-0.4, -0.2) is 75.9 Å². The lowest BCUT2D eigenvalue weighted by atomic mass is 9.91. The highest BCUT2D eigenvalue weighted by Gasteiger charge is 2.75. The Morgan fingerprint density at radius 1 is 0.593 bits per heavy atom. The summed E-state index contributed by atoms with van der Waals surface area (Å²) in [5.41, 5.74) is 0. The smallest absolute Gasteiger partial charge is 0.416 e. The second kappa shape index (κ2) is 17.6. The fraction of sp³-hybridized carbons (Fsp3) is 0.943. The summed E-state index contributed by atoms with van der Waals surface area (Å²) in [6.07, 6.45) is 8.58. The molecule has 11 nitrogen and oxygen atoms in total. The number of allylic oxidation sites excluding steroid dienone is 2. The van der Waals surface area contributed by atoms with Crippen LogP contribution in [0.2, 0.25) is 55.4 Å². The van der Waals surface area contributed by atoms with E-state index in [9.17, 15) is 4.80 Å². The van der Waals surface area contributed by atoms with Gasteiger partial charge in [-0.15, -0.1) is 0 Å². The summed E-state index contributed by atoms with van der Waals surface area (Å²) < 4.78 is 74.4. The van der Waals surface area contributed by atoms with Crippen LogP contribution in [0.3, 0.4) is 0 Å². The highest BCUT2D eigenvalue weighted by molar-refractivity contribution is 6.97. The number of rotatable bonds is 17. The van der Waals surface area contributed by atoms with Crippen LogP contribution in [0.1, 0.15) is 102 Å². The summed E-state index contributed by atoms with van der Waals surface area (Å²) in [5, 5.41) is 0. The van der Waals surface area contributed by atoms with E-state index in [0.29, 0.717) is 48.1 Å². The summed E-state index contributed by atoms with van der Waals surface area (Å²) in [7, 11) is -27.3.